The molecule has 1 atom stereocenters. The molecule has 0 aliphatic heterocycles. The number of hydrogen-bond acceptors (Lipinski definition) is 4. The fourth-order valence-electron chi connectivity index (χ4n) is 1.55. The Kier molecular flexibility index (Phi) is 4.16. The smallest absolute Gasteiger partial charge is 0.313 e. The van der Waals surface area contributed by atoms with E-state index in [1.54, 1.807) is 26.0 Å². The molecule has 0 saturated carbocycles. The predicted octanol–water partition coefficient (Wildman–Crippen LogP) is 2.35. The lowest BCUT2D eigenvalue weighted by Gasteiger charge is -2.29. The summed E-state index contributed by atoms with van der Waals surface area (Å²) in [6.07, 6.45) is 0. The maximum absolute atomic E-state index is 11.6. The molecule has 0 fully saturated rings. The van der Waals surface area contributed by atoms with E-state index in [2.05, 4.69) is 15.9 Å². The van der Waals surface area contributed by atoms with E-state index in [0.29, 0.717) is 5.56 Å². The van der Waals surface area contributed by atoms with Gasteiger partial charge in [-0.2, -0.15) is 0 Å². The lowest BCUT2D eigenvalue weighted by atomic mass is 9.81. The second kappa shape index (κ2) is 5.06. The molecule has 0 saturated heterocycles. The number of methoxy groups -OCH3 is 1. The molecule has 1 aromatic rings. The first kappa shape index (κ1) is 14.0. The summed E-state index contributed by atoms with van der Waals surface area (Å²) in [6, 6.07) is 4.29. The molecular formula is C12H16BrNO3. The molecule has 0 spiro atoms. The molecule has 1 aromatic carbocycles. The Hall–Kier alpha value is -1.07. The summed E-state index contributed by atoms with van der Waals surface area (Å²) in [5.41, 5.74) is 5.64. The van der Waals surface area contributed by atoms with Gasteiger partial charge in [0.25, 0.3) is 0 Å². The van der Waals surface area contributed by atoms with Crippen LogP contribution in [0.1, 0.15) is 25.5 Å². The van der Waals surface area contributed by atoms with Crippen molar-refractivity contribution in [2.45, 2.75) is 19.9 Å². The average Bonchev–Trinajstić information content (AvgIpc) is 2.30. The fraction of sp³-hybridized carbons (Fsp3) is 0.417. The molecule has 0 bridgehead atoms. The minimum absolute atomic E-state index is 0.0673. The van der Waals surface area contributed by atoms with Crippen LogP contribution < -0.4 is 5.73 Å². The van der Waals surface area contributed by atoms with Gasteiger partial charge in [0.2, 0.25) is 0 Å². The number of carbonyl (C=O) groups is 1. The van der Waals surface area contributed by atoms with Gasteiger partial charge in [-0.25, -0.2) is 0 Å². The van der Waals surface area contributed by atoms with Crippen LogP contribution in [0.4, 0.5) is 0 Å². The van der Waals surface area contributed by atoms with E-state index < -0.39 is 17.4 Å². The molecule has 0 unspecified atom stereocenters. The third kappa shape index (κ3) is 2.79. The number of phenolic OH excluding ortho intramolecular Hbond substituents is 1. The lowest BCUT2D eigenvalue weighted by molar-refractivity contribution is -0.152. The number of aromatic hydroxyl groups is 1. The number of halogens is 1. The first-order chi connectivity index (χ1) is 7.80. The van der Waals surface area contributed by atoms with Gasteiger partial charge in [-0.1, -0.05) is 15.9 Å². The van der Waals surface area contributed by atoms with Crippen LogP contribution in [0.3, 0.4) is 0 Å². The van der Waals surface area contributed by atoms with Gasteiger partial charge in [0.15, 0.2) is 0 Å². The Labute approximate surface area is 109 Å². The zero-order valence-corrected chi connectivity index (χ0v) is 11.6. The largest absolute Gasteiger partial charge is 0.508 e. The van der Waals surface area contributed by atoms with Crippen molar-refractivity contribution in [3.63, 3.8) is 0 Å². The van der Waals surface area contributed by atoms with E-state index in [4.69, 9.17) is 10.5 Å². The van der Waals surface area contributed by atoms with Gasteiger partial charge >= 0.3 is 5.97 Å². The molecule has 4 nitrogen and oxygen atoms in total. The van der Waals surface area contributed by atoms with Crippen molar-refractivity contribution in [3.05, 3.63) is 28.2 Å². The van der Waals surface area contributed by atoms with E-state index in [1.165, 1.54) is 13.2 Å². The van der Waals surface area contributed by atoms with Gasteiger partial charge in [0.05, 0.1) is 12.5 Å². The van der Waals surface area contributed by atoms with E-state index >= 15 is 0 Å². The number of benzene rings is 1. The zero-order chi connectivity index (χ0) is 13.2. The summed E-state index contributed by atoms with van der Waals surface area (Å²) in [4.78, 5) is 11.6. The molecule has 0 amide bonds. The van der Waals surface area contributed by atoms with Crippen LogP contribution in [0.2, 0.25) is 0 Å². The first-order valence-electron chi connectivity index (χ1n) is 5.13. The second-order valence-corrected chi connectivity index (χ2v) is 5.31. The summed E-state index contributed by atoms with van der Waals surface area (Å²) in [7, 11) is 1.32. The Balaban J connectivity index is 3.15. The van der Waals surface area contributed by atoms with E-state index in [1.807, 2.05) is 0 Å². The quantitative estimate of drug-likeness (QED) is 0.841. The number of hydrogen-bond donors (Lipinski definition) is 2. The molecule has 0 radical (unpaired) electrons. The zero-order valence-electron chi connectivity index (χ0n) is 10.0. The maximum atomic E-state index is 11.6. The van der Waals surface area contributed by atoms with E-state index in [-0.39, 0.29) is 5.75 Å². The van der Waals surface area contributed by atoms with Crippen LogP contribution in [0.5, 0.6) is 5.75 Å². The van der Waals surface area contributed by atoms with E-state index in [9.17, 15) is 9.90 Å². The summed E-state index contributed by atoms with van der Waals surface area (Å²) in [5, 5.41) is 9.77. The summed E-state index contributed by atoms with van der Waals surface area (Å²) in [6.45, 7) is 3.37. The predicted molar refractivity (Wildman–Crippen MR) is 68.5 cm³/mol. The van der Waals surface area contributed by atoms with Crippen LogP contribution in [0, 0.1) is 5.41 Å². The summed E-state index contributed by atoms with van der Waals surface area (Å²) >= 11 is 3.30. The molecule has 5 heteroatoms. The molecule has 0 aromatic heterocycles. The third-order valence-electron chi connectivity index (χ3n) is 2.81. The first-order valence-corrected chi connectivity index (χ1v) is 5.92. The van der Waals surface area contributed by atoms with Gasteiger partial charge in [-0.15, -0.1) is 0 Å². The van der Waals surface area contributed by atoms with Crippen LogP contribution in [0.15, 0.2) is 22.7 Å². The van der Waals surface area contributed by atoms with Gasteiger partial charge in [-0.3, -0.25) is 4.79 Å². The maximum Gasteiger partial charge on any atom is 0.313 e. The van der Waals surface area contributed by atoms with Gasteiger partial charge in [-0.05, 0) is 32.0 Å². The number of nitrogens with two attached hydrogens (primary N) is 1. The van der Waals surface area contributed by atoms with Crippen molar-refractivity contribution >= 4 is 21.9 Å². The highest BCUT2D eigenvalue weighted by molar-refractivity contribution is 9.10. The Morgan fingerprint density at radius 1 is 1.53 bits per heavy atom. The number of ether oxygens (including phenoxy) is 1. The topological polar surface area (TPSA) is 72.5 Å². The van der Waals surface area contributed by atoms with Crippen molar-refractivity contribution in [1.29, 1.82) is 0 Å². The van der Waals surface area contributed by atoms with Crippen LogP contribution in [0.25, 0.3) is 0 Å². The van der Waals surface area contributed by atoms with Crippen LogP contribution in [-0.4, -0.2) is 18.2 Å². The van der Waals surface area contributed by atoms with Crippen LogP contribution >= 0.6 is 15.9 Å². The minimum Gasteiger partial charge on any atom is -0.508 e. The summed E-state index contributed by atoms with van der Waals surface area (Å²) < 4.78 is 5.51. The molecule has 17 heavy (non-hydrogen) atoms. The molecule has 3 N–H and O–H groups in total. The van der Waals surface area contributed by atoms with Crippen molar-refractivity contribution in [3.8, 4) is 5.75 Å². The Morgan fingerprint density at radius 2 is 2.12 bits per heavy atom. The second-order valence-electron chi connectivity index (χ2n) is 4.39. The van der Waals surface area contributed by atoms with Crippen molar-refractivity contribution in [2.24, 2.45) is 11.1 Å². The van der Waals surface area contributed by atoms with Crippen LogP contribution in [-0.2, 0) is 9.53 Å². The molecule has 0 heterocycles. The number of phenols is 1. The molecular weight excluding hydrogens is 286 g/mol. The van der Waals surface area contributed by atoms with Crippen molar-refractivity contribution < 1.29 is 14.6 Å². The standard InChI is InChI=1S/C12H16BrNO3/c1-12(2,11(16)17-3)10(14)8-6-7(13)4-5-9(8)15/h4-6,10,15H,14H2,1-3H3/t10-/m1/s1. The number of esters is 1. The lowest BCUT2D eigenvalue weighted by Crippen LogP contribution is -2.37. The van der Waals surface area contributed by atoms with Crippen molar-refractivity contribution in [2.75, 3.05) is 7.11 Å². The van der Waals surface area contributed by atoms with Gasteiger partial charge in [0.1, 0.15) is 5.75 Å². The summed E-state index contributed by atoms with van der Waals surface area (Å²) in [5.74, 6) is -0.345. The molecule has 0 aliphatic rings. The minimum atomic E-state index is -0.910. The van der Waals surface area contributed by atoms with Gasteiger partial charge < -0.3 is 15.6 Å². The highest BCUT2D eigenvalue weighted by Gasteiger charge is 2.37. The average molecular weight is 302 g/mol. The Bertz CT molecular complexity index is 432. The highest BCUT2D eigenvalue weighted by Crippen LogP contribution is 2.37. The number of carbonyl (C=O) groups excluding carboxylic acids is 1. The third-order valence-corrected chi connectivity index (χ3v) is 3.31. The fourth-order valence-corrected chi connectivity index (χ4v) is 1.93. The monoisotopic (exact) mass is 301 g/mol. The Morgan fingerprint density at radius 3 is 2.65 bits per heavy atom. The number of rotatable bonds is 3. The van der Waals surface area contributed by atoms with E-state index in [0.717, 1.165) is 4.47 Å². The highest BCUT2D eigenvalue weighted by atomic mass is 79.9. The normalized spacial score (nSPS) is 13.2. The SMILES string of the molecule is COC(=O)C(C)(C)[C@H](N)c1cc(Br)ccc1O. The molecule has 1 rings (SSSR count). The molecule has 94 valence electrons. The van der Waals surface area contributed by atoms with Crippen molar-refractivity contribution in [1.82, 2.24) is 0 Å². The van der Waals surface area contributed by atoms with Gasteiger partial charge in [0, 0.05) is 16.1 Å². The molecule has 0 aliphatic carbocycles.